The first-order valence-corrected chi connectivity index (χ1v) is 3.57. The van der Waals surface area contributed by atoms with Crippen LogP contribution in [0.15, 0.2) is 29.2 Å². The monoisotopic (exact) mass is 159 g/mol. The van der Waals surface area contributed by atoms with Crippen LogP contribution in [0.2, 0.25) is 0 Å². The van der Waals surface area contributed by atoms with Gasteiger partial charge in [0.2, 0.25) is 0 Å². The molecule has 0 aromatic carbocycles. The van der Waals surface area contributed by atoms with Gasteiger partial charge in [0.1, 0.15) is 0 Å². The molecule has 1 atom stereocenters. The van der Waals surface area contributed by atoms with Crippen LogP contribution in [0.5, 0.6) is 0 Å². The number of hydrogen-bond donors (Lipinski definition) is 1. The van der Waals surface area contributed by atoms with E-state index in [0.717, 1.165) is 3.97 Å². The second kappa shape index (κ2) is 2.76. The second-order valence-corrected chi connectivity index (χ2v) is 2.45. The minimum absolute atomic E-state index is 0.483. The molecule has 0 bridgehead atoms. The summed E-state index contributed by atoms with van der Waals surface area (Å²) in [7, 11) is 0. The van der Waals surface area contributed by atoms with Gasteiger partial charge in [0.25, 0.3) is 16.8 Å². The quantitative estimate of drug-likeness (QED) is 0.579. The van der Waals surface area contributed by atoms with Crippen LogP contribution in [0.4, 0.5) is 0 Å². The lowest BCUT2D eigenvalue weighted by atomic mass is 10.5. The Morgan fingerprint density at radius 1 is 1.50 bits per heavy atom. The van der Waals surface area contributed by atoms with Crippen molar-refractivity contribution < 1.29 is 8.76 Å². The highest BCUT2D eigenvalue weighted by molar-refractivity contribution is 7.77. The third-order valence-electron chi connectivity index (χ3n) is 0.957. The molecule has 1 rings (SSSR count). The standard InChI is InChI=1S/C5H5NO3S/c7-5-3-1-2-4-6(5)10(8)9/h1-4H,(H,8,9). The SMILES string of the molecule is O=c1ccccn1S(=O)O. The van der Waals surface area contributed by atoms with E-state index in [-0.39, 0.29) is 0 Å². The molecule has 1 N–H and O–H groups in total. The Morgan fingerprint density at radius 3 is 2.60 bits per heavy atom. The van der Waals surface area contributed by atoms with E-state index >= 15 is 0 Å². The normalized spacial score (nSPS) is 12.9. The topological polar surface area (TPSA) is 59.3 Å². The van der Waals surface area contributed by atoms with Crippen LogP contribution in [-0.2, 0) is 11.3 Å². The molecule has 0 amide bonds. The fourth-order valence-electron chi connectivity index (χ4n) is 0.542. The summed E-state index contributed by atoms with van der Waals surface area (Å²) >= 11 is -2.24. The second-order valence-electron chi connectivity index (χ2n) is 1.60. The molecular formula is C5H5NO3S. The van der Waals surface area contributed by atoms with Crippen molar-refractivity contribution in [1.29, 1.82) is 0 Å². The molecule has 0 fully saturated rings. The smallest absolute Gasteiger partial charge is 0.268 e. The molecule has 1 heterocycles. The van der Waals surface area contributed by atoms with Crippen LogP contribution in [0.3, 0.4) is 0 Å². The third-order valence-corrected chi connectivity index (χ3v) is 1.60. The van der Waals surface area contributed by atoms with E-state index in [2.05, 4.69) is 0 Å². The van der Waals surface area contributed by atoms with Gasteiger partial charge < -0.3 is 0 Å². The average Bonchev–Trinajstić information content (AvgIpc) is 1.88. The Hall–Kier alpha value is -0.940. The van der Waals surface area contributed by atoms with Crippen molar-refractivity contribution in [3.63, 3.8) is 0 Å². The first-order valence-electron chi connectivity index (χ1n) is 2.51. The maximum atomic E-state index is 10.7. The van der Waals surface area contributed by atoms with Gasteiger partial charge in [-0.15, -0.1) is 0 Å². The Morgan fingerprint density at radius 2 is 2.20 bits per heavy atom. The van der Waals surface area contributed by atoms with Gasteiger partial charge in [-0.2, -0.15) is 0 Å². The Balaban J connectivity index is 3.29. The fourth-order valence-corrected chi connectivity index (χ4v) is 0.931. The molecule has 0 aliphatic heterocycles. The van der Waals surface area contributed by atoms with Gasteiger partial charge in [0.15, 0.2) is 0 Å². The van der Waals surface area contributed by atoms with Crippen molar-refractivity contribution in [2.75, 3.05) is 0 Å². The zero-order valence-corrected chi connectivity index (χ0v) is 5.75. The Bertz CT molecular complexity index is 306. The summed E-state index contributed by atoms with van der Waals surface area (Å²) in [4.78, 5) is 10.7. The van der Waals surface area contributed by atoms with Gasteiger partial charge in [0, 0.05) is 12.3 Å². The van der Waals surface area contributed by atoms with E-state index in [1.54, 1.807) is 0 Å². The van der Waals surface area contributed by atoms with Gasteiger partial charge in [-0.3, -0.25) is 9.35 Å². The maximum Gasteiger partial charge on any atom is 0.268 e. The van der Waals surface area contributed by atoms with Gasteiger partial charge in [-0.25, -0.2) is 8.18 Å². The van der Waals surface area contributed by atoms with Crippen molar-refractivity contribution in [3.05, 3.63) is 34.7 Å². The largest absolute Gasteiger partial charge is 0.289 e. The number of pyridine rings is 1. The first-order chi connectivity index (χ1) is 4.72. The molecule has 4 nitrogen and oxygen atoms in total. The number of hydrogen-bond acceptors (Lipinski definition) is 2. The van der Waals surface area contributed by atoms with Crippen LogP contribution in [0, 0.1) is 0 Å². The number of rotatable bonds is 1. The molecule has 0 saturated carbocycles. The lowest BCUT2D eigenvalue weighted by Gasteiger charge is -1.94. The molecule has 0 spiro atoms. The van der Waals surface area contributed by atoms with E-state index in [4.69, 9.17) is 4.55 Å². The minimum Gasteiger partial charge on any atom is -0.289 e. The molecule has 1 aromatic rings. The van der Waals surface area contributed by atoms with Crippen molar-refractivity contribution >= 4 is 11.3 Å². The highest BCUT2D eigenvalue weighted by Gasteiger charge is 1.96. The summed E-state index contributed by atoms with van der Waals surface area (Å²) in [5.41, 5.74) is -0.483. The van der Waals surface area contributed by atoms with Crippen molar-refractivity contribution in [2.24, 2.45) is 0 Å². The van der Waals surface area contributed by atoms with Crippen LogP contribution < -0.4 is 5.56 Å². The van der Waals surface area contributed by atoms with Crippen molar-refractivity contribution in [3.8, 4) is 0 Å². The summed E-state index contributed by atoms with van der Waals surface area (Å²) in [5, 5.41) is 0. The Labute approximate surface area is 59.5 Å². The molecule has 0 saturated heterocycles. The Kier molecular flexibility index (Phi) is 1.98. The summed E-state index contributed by atoms with van der Waals surface area (Å²) in [6.45, 7) is 0. The van der Waals surface area contributed by atoms with E-state index in [0.29, 0.717) is 0 Å². The zero-order chi connectivity index (χ0) is 7.56. The van der Waals surface area contributed by atoms with Gasteiger partial charge in [0.05, 0.1) is 0 Å². The molecular weight excluding hydrogens is 154 g/mol. The maximum absolute atomic E-state index is 10.7. The lowest BCUT2D eigenvalue weighted by Crippen LogP contribution is -2.20. The first kappa shape index (κ1) is 7.17. The summed E-state index contributed by atoms with van der Waals surface area (Å²) in [6, 6.07) is 4.23. The summed E-state index contributed by atoms with van der Waals surface area (Å²) in [5.74, 6) is 0. The van der Waals surface area contributed by atoms with E-state index in [9.17, 15) is 9.00 Å². The van der Waals surface area contributed by atoms with Crippen LogP contribution >= 0.6 is 0 Å². The predicted octanol–water partition coefficient (Wildman–Crippen LogP) is -0.167. The molecule has 0 aliphatic rings. The molecule has 54 valence electrons. The third kappa shape index (κ3) is 1.31. The van der Waals surface area contributed by atoms with Crippen LogP contribution in [0.1, 0.15) is 0 Å². The molecule has 1 unspecified atom stereocenters. The molecule has 5 heteroatoms. The van der Waals surface area contributed by atoms with E-state index in [1.165, 1.54) is 24.4 Å². The van der Waals surface area contributed by atoms with Gasteiger partial charge in [-0.05, 0) is 6.07 Å². The summed E-state index contributed by atoms with van der Waals surface area (Å²) in [6.07, 6.45) is 1.25. The zero-order valence-electron chi connectivity index (χ0n) is 4.93. The fraction of sp³-hybridized carbons (Fsp3) is 0. The van der Waals surface area contributed by atoms with E-state index < -0.39 is 16.8 Å². The van der Waals surface area contributed by atoms with Crippen LogP contribution in [-0.4, -0.2) is 12.7 Å². The van der Waals surface area contributed by atoms with Crippen LogP contribution in [0.25, 0.3) is 0 Å². The highest BCUT2D eigenvalue weighted by Crippen LogP contribution is 1.81. The van der Waals surface area contributed by atoms with Crippen molar-refractivity contribution in [1.82, 2.24) is 3.97 Å². The van der Waals surface area contributed by atoms with Gasteiger partial charge >= 0.3 is 0 Å². The number of nitrogens with zero attached hydrogens (tertiary/aromatic N) is 1. The predicted molar refractivity (Wildman–Crippen MR) is 36.9 cm³/mol. The van der Waals surface area contributed by atoms with Gasteiger partial charge in [-0.1, -0.05) is 6.07 Å². The van der Waals surface area contributed by atoms with E-state index in [1.807, 2.05) is 0 Å². The highest BCUT2D eigenvalue weighted by atomic mass is 32.2. The number of aromatic nitrogens is 1. The molecule has 0 aliphatic carbocycles. The minimum atomic E-state index is -2.24. The molecule has 10 heavy (non-hydrogen) atoms. The lowest BCUT2D eigenvalue weighted by molar-refractivity contribution is 0.552. The molecule has 1 aromatic heterocycles. The van der Waals surface area contributed by atoms with Crippen molar-refractivity contribution in [2.45, 2.75) is 0 Å². The average molecular weight is 159 g/mol. The summed E-state index contributed by atoms with van der Waals surface area (Å²) < 4.78 is 19.5. The molecule has 0 radical (unpaired) electrons.